The highest BCUT2D eigenvalue weighted by molar-refractivity contribution is 6.28. The van der Waals surface area contributed by atoms with Crippen LogP contribution in [0.5, 0.6) is 0 Å². The fraction of sp³-hybridized carbons (Fsp3) is 0.550. The van der Waals surface area contributed by atoms with Gasteiger partial charge in [-0.25, -0.2) is 9.59 Å². The zero-order valence-electron chi connectivity index (χ0n) is 16.9. The van der Waals surface area contributed by atoms with Gasteiger partial charge >= 0.3 is 12.1 Å². The van der Waals surface area contributed by atoms with Gasteiger partial charge in [-0.3, -0.25) is 0 Å². The van der Waals surface area contributed by atoms with Gasteiger partial charge in [-0.15, -0.1) is 11.6 Å². The maximum absolute atomic E-state index is 12.1. The third-order valence-electron chi connectivity index (χ3n) is 3.41. The number of carbonyl (C=O) groups excluding carboxylic acids is 2. The highest BCUT2D eigenvalue weighted by Gasteiger charge is 2.25. The Labute approximate surface area is 171 Å². The summed E-state index contributed by atoms with van der Waals surface area (Å²) in [5.41, 5.74) is 0.881. The largest absolute Gasteiger partial charge is 0.464 e. The number of amides is 1. The minimum Gasteiger partial charge on any atom is -0.464 e. The average Bonchev–Trinajstić information content (AvgIpc) is 2.62. The van der Waals surface area contributed by atoms with Gasteiger partial charge in [0.05, 0.1) is 18.2 Å². The molecule has 7 nitrogen and oxygen atoms in total. The molecule has 0 saturated carbocycles. The Kier molecular flexibility index (Phi) is 10.4. The van der Waals surface area contributed by atoms with E-state index < -0.39 is 23.7 Å². The SMILES string of the molecule is CCOC(=O)[C@@H](CCC(CCl)=NOCc1ccccc1)NC(=O)OC(C)(C)C. The van der Waals surface area contributed by atoms with Gasteiger partial charge in [-0.05, 0) is 46.1 Å². The number of esters is 1. The van der Waals surface area contributed by atoms with Crippen LogP contribution >= 0.6 is 11.6 Å². The van der Waals surface area contributed by atoms with E-state index in [1.807, 2.05) is 30.3 Å². The first-order valence-corrected chi connectivity index (χ1v) is 9.72. The molecule has 0 spiro atoms. The molecule has 0 radical (unpaired) electrons. The molecule has 0 heterocycles. The van der Waals surface area contributed by atoms with Gasteiger partial charge in [0.1, 0.15) is 18.2 Å². The molecule has 0 unspecified atom stereocenters. The van der Waals surface area contributed by atoms with E-state index in [0.29, 0.717) is 18.7 Å². The van der Waals surface area contributed by atoms with Gasteiger partial charge in [-0.2, -0.15) is 0 Å². The highest BCUT2D eigenvalue weighted by atomic mass is 35.5. The van der Waals surface area contributed by atoms with Crippen LogP contribution in [0.3, 0.4) is 0 Å². The summed E-state index contributed by atoms with van der Waals surface area (Å²) in [6.07, 6.45) is -0.0640. The molecule has 156 valence electrons. The van der Waals surface area contributed by atoms with Crippen molar-refractivity contribution in [2.45, 2.75) is 58.8 Å². The van der Waals surface area contributed by atoms with Gasteiger partial charge in [0.15, 0.2) is 0 Å². The molecule has 28 heavy (non-hydrogen) atoms. The number of hydrogen-bond donors (Lipinski definition) is 1. The van der Waals surface area contributed by atoms with E-state index in [0.717, 1.165) is 5.56 Å². The third-order valence-corrected chi connectivity index (χ3v) is 3.71. The summed E-state index contributed by atoms with van der Waals surface area (Å²) < 4.78 is 10.2. The van der Waals surface area contributed by atoms with E-state index in [-0.39, 0.29) is 18.9 Å². The number of alkyl halides is 1. The fourth-order valence-electron chi connectivity index (χ4n) is 2.16. The summed E-state index contributed by atoms with van der Waals surface area (Å²) in [5.74, 6) is -0.385. The predicted octanol–water partition coefficient (Wildman–Crippen LogP) is 4.03. The van der Waals surface area contributed by atoms with Gasteiger partial charge in [0.2, 0.25) is 0 Å². The lowest BCUT2D eigenvalue weighted by molar-refractivity contribution is -0.145. The van der Waals surface area contributed by atoms with Crippen LogP contribution in [0.2, 0.25) is 0 Å². The molecule has 0 aliphatic carbocycles. The Balaban J connectivity index is 2.63. The summed E-state index contributed by atoms with van der Waals surface area (Å²) >= 11 is 5.93. The van der Waals surface area contributed by atoms with Crippen LogP contribution in [-0.2, 0) is 25.7 Å². The number of ether oxygens (including phenoxy) is 2. The molecule has 0 aliphatic heterocycles. The number of carbonyl (C=O) groups is 2. The number of benzene rings is 1. The molecule has 1 aromatic rings. The summed E-state index contributed by atoms with van der Waals surface area (Å²) in [6, 6.07) is 8.74. The molecule has 0 bridgehead atoms. The summed E-state index contributed by atoms with van der Waals surface area (Å²) in [4.78, 5) is 29.5. The Morgan fingerprint density at radius 2 is 1.89 bits per heavy atom. The van der Waals surface area contributed by atoms with E-state index >= 15 is 0 Å². The standard InChI is InChI=1S/C20H29ClN2O5/c1-5-26-18(24)17(22-19(25)28-20(2,3)4)12-11-16(13-21)23-27-14-15-9-7-6-8-10-15/h6-10,17H,5,11-14H2,1-4H3,(H,22,25)/t17-/m1/s1. The molecule has 0 fully saturated rings. The highest BCUT2D eigenvalue weighted by Crippen LogP contribution is 2.10. The van der Waals surface area contributed by atoms with Crippen molar-refractivity contribution in [1.29, 1.82) is 0 Å². The van der Waals surface area contributed by atoms with Gasteiger partial charge < -0.3 is 19.6 Å². The van der Waals surface area contributed by atoms with Crippen molar-refractivity contribution in [3.8, 4) is 0 Å². The number of oxime groups is 1. The van der Waals surface area contributed by atoms with Crippen molar-refractivity contribution in [2.24, 2.45) is 5.16 Å². The molecule has 0 aromatic heterocycles. The van der Waals surface area contributed by atoms with Gasteiger partial charge in [0.25, 0.3) is 0 Å². The summed E-state index contributed by atoms with van der Waals surface area (Å²) in [5, 5.41) is 6.59. The van der Waals surface area contributed by atoms with Gasteiger partial charge in [0, 0.05) is 0 Å². The Hall–Kier alpha value is -2.28. The number of hydrogen-bond acceptors (Lipinski definition) is 6. The van der Waals surface area contributed by atoms with Gasteiger partial charge in [-0.1, -0.05) is 35.5 Å². The smallest absolute Gasteiger partial charge is 0.408 e. The fourth-order valence-corrected chi connectivity index (χ4v) is 2.34. The molecule has 1 rings (SSSR count). The second-order valence-corrected chi connectivity index (χ2v) is 7.31. The molecule has 1 amide bonds. The van der Waals surface area contributed by atoms with E-state index in [2.05, 4.69) is 10.5 Å². The number of nitrogens with zero attached hydrogens (tertiary/aromatic N) is 1. The Morgan fingerprint density at radius 1 is 1.21 bits per heavy atom. The normalized spacial score (nSPS) is 12.8. The topological polar surface area (TPSA) is 86.2 Å². The summed E-state index contributed by atoms with van der Waals surface area (Å²) in [6.45, 7) is 7.46. The first-order chi connectivity index (χ1) is 13.2. The lowest BCUT2D eigenvalue weighted by Gasteiger charge is -2.22. The number of halogens is 1. The minimum atomic E-state index is -0.864. The maximum Gasteiger partial charge on any atom is 0.408 e. The average molecular weight is 413 g/mol. The van der Waals surface area contributed by atoms with Crippen molar-refractivity contribution >= 4 is 29.4 Å². The Bertz CT molecular complexity index is 644. The lowest BCUT2D eigenvalue weighted by atomic mass is 10.1. The molecule has 1 atom stereocenters. The second-order valence-electron chi connectivity index (χ2n) is 7.04. The van der Waals surface area contributed by atoms with Crippen molar-refractivity contribution in [3.05, 3.63) is 35.9 Å². The Morgan fingerprint density at radius 3 is 2.46 bits per heavy atom. The van der Waals surface area contributed by atoms with Crippen molar-refractivity contribution in [1.82, 2.24) is 5.32 Å². The van der Waals surface area contributed by atoms with Crippen LogP contribution in [-0.4, -0.2) is 41.9 Å². The lowest BCUT2D eigenvalue weighted by Crippen LogP contribution is -2.44. The third kappa shape index (κ3) is 10.2. The second kappa shape index (κ2) is 12.2. The molecule has 8 heteroatoms. The summed E-state index contributed by atoms with van der Waals surface area (Å²) in [7, 11) is 0. The maximum atomic E-state index is 12.1. The zero-order chi connectivity index (χ0) is 21.0. The first-order valence-electron chi connectivity index (χ1n) is 9.19. The van der Waals surface area contributed by atoms with E-state index in [1.165, 1.54) is 0 Å². The quantitative estimate of drug-likeness (QED) is 0.271. The van der Waals surface area contributed by atoms with E-state index in [4.69, 9.17) is 25.9 Å². The predicted molar refractivity (Wildman–Crippen MR) is 108 cm³/mol. The van der Waals surface area contributed by atoms with E-state index in [1.54, 1.807) is 27.7 Å². The van der Waals surface area contributed by atoms with Crippen LogP contribution in [0.4, 0.5) is 4.79 Å². The molecule has 1 aromatic carbocycles. The molecule has 1 N–H and O–H groups in total. The number of nitrogens with one attached hydrogen (secondary N) is 1. The van der Waals surface area contributed by atoms with Crippen LogP contribution in [0, 0.1) is 0 Å². The molecular weight excluding hydrogens is 384 g/mol. The van der Waals surface area contributed by atoms with Crippen molar-refractivity contribution in [2.75, 3.05) is 12.5 Å². The number of alkyl carbamates (subject to hydrolysis) is 1. The minimum absolute atomic E-state index is 0.150. The van der Waals surface area contributed by atoms with Crippen LogP contribution in [0.25, 0.3) is 0 Å². The van der Waals surface area contributed by atoms with E-state index in [9.17, 15) is 9.59 Å². The molecule has 0 aliphatic rings. The number of rotatable bonds is 10. The molecular formula is C20H29ClN2O5. The molecule has 0 saturated heterocycles. The van der Waals surface area contributed by atoms with Crippen LogP contribution in [0.15, 0.2) is 35.5 Å². The van der Waals surface area contributed by atoms with Crippen LogP contribution < -0.4 is 5.32 Å². The van der Waals surface area contributed by atoms with Crippen molar-refractivity contribution in [3.63, 3.8) is 0 Å². The van der Waals surface area contributed by atoms with Crippen LogP contribution in [0.1, 0.15) is 46.1 Å². The van der Waals surface area contributed by atoms with Crippen molar-refractivity contribution < 1.29 is 23.9 Å². The first kappa shape index (κ1) is 23.8. The zero-order valence-corrected chi connectivity index (χ0v) is 17.6. The monoisotopic (exact) mass is 412 g/mol.